The van der Waals surface area contributed by atoms with Crippen LogP contribution < -0.4 is 5.32 Å². The Hall–Kier alpha value is -1.03. The van der Waals surface area contributed by atoms with Crippen molar-refractivity contribution in [2.45, 2.75) is 13.3 Å². The van der Waals surface area contributed by atoms with E-state index in [0.29, 0.717) is 18.1 Å². The van der Waals surface area contributed by atoms with E-state index in [4.69, 9.17) is 5.41 Å². The van der Waals surface area contributed by atoms with Crippen molar-refractivity contribution in [2.24, 2.45) is 0 Å². The highest BCUT2D eigenvalue weighted by Crippen LogP contribution is 1.98. The number of hydrogen-bond donors (Lipinski definition) is 3. The summed E-state index contributed by atoms with van der Waals surface area (Å²) >= 11 is 0. The van der Waals surface area contributed by atoms with Crippen LogP contribution in [0.2, 0.25) is 0 Å². The van der Waals surface area contributed by atoms with E-state index in [2.05, 4.69) is 15.5 Å². The standard InChI is InChI=1S/C6H10N4.ClH/c1-2-5(7)9-6-3-4-8-10-6;/h3-4H,2H2,1H3,(H3,7,8,9,10);1H. The average Bonchev–Trinajstić information content (AvgIpc) is 2.40. The molecule has 1 rings (SSSR count). The molecule has 0 saturated heterocycles. The van der Waals surface area contributed by atoms with Gasteiger partial charge in [-0.25, -0.2) is 0 Å². The number of amidine groups is 1. The Morgan fingerprint density at radius 1 is 1.82 bits per heavy atom. The topological polar surface area (TPSA) is 64.6 Å². The third-order valence-corrected chi connectivity index (χ3v) is 1.13. The van der Waals surface area contributed by atoms with Crippen LogP contribution in [0.15, 0.2) is 12.3 Å². The van der Waals surface area contributed by atoms with E-state index < -0.39 is 0 Å². The van der Waals surface area contributed by atoms with E-state index in [-0.39, 0.29) is 12.4 Å². The normalized spacial score (nSPS) is 8.45. The Labute approximate surface area is 71.3 Å². The number of aromatic nitrogens is 2. The number of nitrogens with zero attached hydrogens (tertiary/aromatic N) is 1. The van der Waals surface area contributed by atoms with Crippen LogP contribution in [-0.2, 0) is 0 Å². The predicted molar refractivity (Wildman–Crippen MR) is 47.5 cm³/mol. The predicted octanol–water partition coefficient (Wildman–Crippen LogP) is 1.63. The summed E-state index contributed by atoms with van der Waals surface area (Å²) in [5.41, 5.74) is 0. The lowest BCUT2D eigenvalue weighted by atomic mass is 10.4. The van der Waals surface area contributed by atoms with Gasteiger partial charge in [0.2, 0.25) is 0 Å². The Bertz CT molecular complexity index is 206. The van der Waals surface area contributed by atoms with Crippen molar-refractivity contribution in [3.8, 4) is 0 Å². The Balaban J connectivity index is 0.000001000. The van der Waals surface area contributed by atoms with E-state index >= 15 is 0 Å². The highest BCUT2D eigenvalue weighted by atomic mass is 35.5. The Morgan fingerprint density at radius 2 is 2.55 bits per heavy atom. The van der Waals surface area contributed by atoms with Crippen molar-refractivity contribution in [3.63, 3.8) is 0 Å². The van der Waals surface area contributed by atoms with E-state index in [1.54, 1.807) is 12.3 Å². The van der Waals surface area contributed by atoms with Crippen LogP contribution in [-0.4, -0.2) is 16.0 Å². The fraction of sp³-hybridized carbons (Fsp3) is 0.333. The number of anilines is 1. The largest absolute Gasteiger partial charge is 0.328 e. The summed E-state index contributed by atoms with van der Waals surface area (Å²) < 4.78 is 0. The minimum atomic E-state index is 0. The van der Waals surface area contributed by atoms with Crippen LogP contribution in [0, 0.1) is 5.41 Å². The Kier molecular flexibility index (Phi) is 4.29. The van der Waals surface area contributed by atoms with E-state index in [1.807, 2.05) is 6.92 Å². The fourth-order valence-corrected chi connectivity index (χ4v) is 0.573. The zero-order chi connectivity index (χ0) is 7.40. The lowest BCUT2D eigenvalue weighted by Gasteiger charge is -1.98. The van der Waals surface area contributed by atoms with Gasteiger partial charge in [0.15, 0.2) is 5.82 Å². The molecule has 1 heterocycles. The molecule has 0 unspecified atom stereocenters. The summed E-state index contributed by atoms with van der Waals surface area (Å²) in [6.45, 7) is 1.92. The molecule has 0 aliphatic rings. The van der Waals surface area contributed by atoms with Crippen molar-refractivity contribution in [3.05, 3.63) is 12.3 Å². The molecule has 0 radical (unpaired) electrons. The SMILES string of the molecule is CCC(=N)Nc1cc[nH]n1.Cl. The summed E-state index contributed by atoms with van der Waals surface area (Å²) in [5, 5.41) is 16.5. The van der Waals surface area contributed by atoms with Crippen LogP contribution in [0.4, 0.5) is 5.82 Å². The van der Waals surface area contributed by atoms with Gasteiger partial charge in [-0.05, 0) is 0 Å². The second-order valence-corrected chi connectivity index (χ2v) is 1.92. The molecular formula is C6H11ClN4. The number of aromatic amines is 1. The maximum absolute atomic E-state index is 7.25. The summed E-state index contributed by atoms with van der Waals surface area (Å²) in [7, 11) is 0. The first kappa shape index (κ1) is 9.97. The first-order chi connectivity index (χ1) is 4.83. The molecule has 0 spiro atoms. The third kappa shape index (κ3) is 3.04. The van der Waals surface area contributed by atoms with Gasteiger partial charge in [-0.1, -0.05) is 6.92 Å². The molecule has 1 aromatic heterocycles. The second-order valence-electron chi connectivity index (χ2n) is 1.92. The number of H-pyrrole nitrogens is 1. The summed E-state index contributed by atoms with van der Waals surface area (Å²) in [5.74, 6) is 1.18. The lowest BCUT2D eigenvalue weighted by molar-refractivity contribution is 1.09. The average molecular weight is 175 g/mol. The van der Waals surface area contributed by atoms with Crippen LogP contribution >= 0.6 is 12.4 Å². The molecule has 0 aliphatic carbocycles. The van der Waals surface area contributed by atoms with Crippen molar-refractivity contribution < 1.29 is 0 Å². The summed E-state index contributed by atoms with van der Waals surface area (Å²) in [4.78, 5) is 0. The third-order valence-electron chi connectivity index (χ3n) is 1.13. The lowest BCUT2D eigenvalue weighted by Crippen LogP contribution is -2.08. The van der Waals surface area contributed by atoms with Crippen molar-refractivity contribution >= 4 is 24.1 Å². The maximum Gasteiger partial charge on any atom is 0.153 e. The molecule has 11 heavy (non-hydrogen) atoms. The minimum absolute atomic E-state index is 0. The van der Waals surface area contributed by atoms with Gasteiger partial charge >= 0.3 is 0 Å². The molecule has 0 saturated carbocycles. The number of hydrogen-bond acceptors (Lipinski definition) is 2. The molecule has 0 bridgehead atoms. The van der Waals surface area contributed by atoms with Crippen molar-refractivity contribution in [1.82, 2.24) is 10.2 Å². The molecule has 5 heteroatoms. The van der Waals surface area contributed by atoms with E-state index in [9.17, 15) is 0 Å². The highest BCUT2D eigenvalue weighted by molar-refractivity contribution is 5.91. The van der Waals surface area contributed by atoms with Gasteiger partial charge in [-0.15, -0.1) is 12.4 Å². The molecule has 0 atom stereocenters. The van der Waals surface area contributed by atoms with E-state index in [0.717, 1.165) is 0 Å². The zero-order valence-electron chi connectivity index (χ0n) is 6.22. The zero-order valence-corrected chi connectivity index (χ0v) is 7.03. The van der Waals surface area contributed by atoms with Gasteiger partial charge in [0.1, 0.15) is 0 Å². The molecule has 0 amide bonds. The molecule has 3 N–H and O–H groups in total. The summed E-state index contributed by atoms with van der Waals surface area (Å²) in [6, 6.07) is 1.78. The van der Waals surface area contributed by atoms with Gasteiger partial charge < -0.3 is 5.32 Å². The Morgan fingerprint density at radius 3 is 3.00 bits per heavy atom. The summed E-state index contributed by atoms with van der Waals surface area (Å²) in [6.07, 6.45) is 2.41. The van der Waals surface area contributed by atoms with E-state index in [1.165, 1.54) is 0 Å². The molecular weight excluding hydrogens is 164 g/mol. The van der Waals surface area contributed by atoms with Gasteiger partial charge in [-0.2, -0.15) is 5.10 Å². The van der Waals surface area contributed by atoms with Crippen LogP contribution in [0.3, 0.4) is 0 Å². The molecule has 0 aliphatic heterocycles. The molecule has 0 fully saturated rings. The number of nitrogens with one attached hydrogen (secondary N) is 3. The highest BCUT2D eigenvalue weighted by Gasteiger charge is 1.94. The molecule has 0 aromatic carbocycles. The minimum Gasteiger partial charge on any atom is -0.328 e. The molecule has 1 aromatic rings. The van der Waals surface area contributed by atoms with Crippen LogP contribution in [0.5, 0.6) is 0 Å². The molecule has 4 nitrogen and oxygen atoms in total. The van der Waals surface area contributed by atoms with Crippen molar-refractivity contribution in [1.29, 1.82) is 5.41 Å². The quantitative estimate of drug-likeness (QED) is 0.471. The van der Waals surface area contributed by atoms with Gasteiger partial charge in [0.05, 0.1) is 5.84 Å². The first-order valence-electron chi connectivity index (χ1n) is 3.17. The van der Waals surface area contributed by atoms with Crippen LogP contribution in [0.25, 0.3) is 0 Å². The van der Waals surface area contributed by atoms with Gasteiger partial charge in [0, 0.05) is 18.7 Å². The first-order valence-corrected chi connectivity index (χ1v) is 3.17. The smallest absolute Gasteiger partial charge is 0.153 e. The molecule has 62 valence electrons. The number of rotatable bonds is 2. The van der Waals surface area contributed by atoms with Gasteiger partial charge in [-0.3, -0.25) is 10.5 Å². The van der Waals surface area contributed by atoms with Crippen molar-refractivity contribution in [2.75, 3.05) is 5.32 Å². The number of halogens is 1. The maximum atomic E-state index is 7.25. The van der Waals surface area contributed by atoms with Crippen LogP contribution in [0.1, 0.15) is 13.3 Å². The fourth-order valence-electron chi connectivity index (χ4n) is 0.573. The monoisotopic (exact) mass is 174 g/mol. The van der Waals surface area contributed by atoms with Gasteiger partial charge in [0.25, 0.3) is 0 Å². The second kappa shape index (κ2) is 4.73.